The number of nitrogens with one attached hydrogen (secondary N) is 1. The van der Waals surface area contributed by atoms with Crippen molar-refractivity contribution in [3.63, 3.8) is 0 Å². The van der Waals surface area contributed by atoms with Gasteiger partial charge in [-0.05, 0) is 19.4 Å². The first-order valence-corrected chi connectivity index (χ1v) is 6.36. The molecule has 0 aromatic carbocycles. The third kappa shape index (κ3) is 9.84. The molecule has 0 aromatic rings. The van der Waals surface area contributed by atoms with Crippen LogP contribution in [0.3, 0.4) is 0 Å². The SMILES string of the molecule is N[C@@H](CCCCNCP(=O)(O)O)C(=O)O. The maximum Gasteiger partial charge on any atom is 0.339 e. The summed E-state index contributed by atoms with van der Waals surface area (Å²) in [5.74, 6) is -1.03. The third-order valence-electron chi connectivity index (χ3n) is 1.75. The van der Waals surface area contributed by atoms with E-state index in [0.717, 1.165) is 0 Å². The van der Waals surface area contributed by atoms with Crippen LogP contribution in [0.1, 0.15) is 19.3 Å². The van der Waals surface area contributed by atoms with E-state index in [-0.39, 0.29) is 6.29 Å². The molecular weight excluding hydrogens is 223 g/mol. The predicted octanol–water partition coefficient (Wildman–Crippen LogP) is -0.707. The monoisotopic (exact) mass is 240 g/mol. The van der Waals surface area contributed by atoms with Gasteiger partial charge in [0, 0.05) is 0 Å². The molecule has 0 unspecified atom stereocenters. The first kappa shape index (κ1) is 14.5. The van der Waals surface area contributed by atoms with Gasteiger partial charge in [0.25, 0.3) is 0 Å². The standard InChI is InChI=1S/C7H17N2O5P/c8-6(7(10)11)3-1-2-4-9-5-15(12,13)14/h6,9H,1-5,8H2,(H,10,11)(H2,12,13,14)/t6-/m0/s1. The number of carboxylic acids is 1. The molecule has 0 radical (unpaired) electrons. The number of carbonyl (C=O) groups is 1. The van der Waals surface area contributed by atoms with E-state index in [0.29, 0.717) is 25.8 Å². The van der Waals surface area contributed by atoms with Gasteiger partial charge in [-0.25, -0.2) is 0 Å². The van der Waals surface area contributed by atoms with Crippen molar-refractivity contribution in [3.8, 4) is 0 Å². The molecule has 0 aliphatic heterocycles. The topological polar surface area (TPSA) is 133 Å². The summed E-state index contributed by atoms with van der Waals surface area (Å²) in [6, 6.07) is -0.855. The molecule has 0 fully saturated rings. The van der Waals surface area contributed by atoms with Gasteiger partial charge in [-0.1, -0.05) is 6.42 Å². The van der Waals surface area contributed by atoms with Crippen molar-refractivity contribution in [2.24, 2.45) is 5.73 Å². The smallest absolute Gasteiger partial charge is 0.339 e. The number of aliphatic carboxylic acids is 1. The molecule has 0 spiro atoms. The lowest BCUT2D eigenvalue weighted by atomic mass is 10.1. The molecular formula is C7H17N2O5P. The van der Waals surface area contributed by atoms with Gasteiger partial charge in [0.2, 0.25) is 0 Å². The van der Waals surface area contributed by atoms with Gasteiger partial charge < -0.3 is 25.9 Å². The third-order valence-corrected chi connectivity index (χ3v) is 2.39. The van der Waals surface area contributed by atoms with Gasteiger partial charge in [-0.3, -0.25) is 9.36 Å². The first-order chi connectivity index (χ1) is 6.83. The number of unbranched alkanes of at least 4 members (excludes halogenated alkanes) is 1. The lowest BCUT2D eigenvalue weighted by Crippen LogP contribution is -2.30. The Morgan fingerprint density at radius 2 is 2.00 bits per heavy atom. The summed E-state index contributed by atoms with van der Waals surface area (Å²) in [5.41, 5.74) is 5.26. The van der Waals surface area contributed by atoms with Crippen molar-refractivity contribution in [1.82, 2.24) is 5.32 Å². The molecule has 0 aliphatic carbocycles. The Hall–Kier alpha value is -0.460. The minimum absolute atomic E-state index is 0.349. The largest absolute Gasteiger partial charge is 0.480 e. The van der Waals surface area contributed by atoms with Gasteiger partial charge in [0.15, 0.2) is 0 Å². The van der Waals surface area contributed by atoms with E-state index >= 15 is 0 Å². The fourth-order valence-corrected chi connectivity index (χ4v) is 1.41. The molecule has 7 nitrogen and oxygen atoms in total. The maximum atomic E-state index is 10.4. The van der Waals surface area contributed by atoms with Crippen molar-refractivity contribution in [1.29, 1.82) is 0 Å². The molecule has 0 heterocycles. The molecule has 0 saturated carbocycles. The highest BCUT2D eigenvalue weighted by molar-refractivity contribution is 7.51. The second-order valence-electron chi connectivity index (χ2n) is 3.26. The molecule has 0 aliphatic rings. The van der Waals surface area contributed by atoms with Crippen molar-refractivity contribution in [2.45, 2.75) is 25.3 Å². The summed E-state index contributed by atoms with van der Waals surface area (Å²) in [7, 11) is -3.98. The van der Waals surface area contributed by atoms with Crippen LogP contribution in [0, 0.1) is 0 Å². The summed E-state index contributed by atoms with van der Waals surface area (Å²) < 4.78 is 10.4. The van der Waals surface area contributed by atoms with E-state index < -0.39 is 19.6 Å². The van der Waals surface area contributed by atoms with Crippen LogP contribution in [0.4, 0.5) is 0 Å². The fraction of sp³-hybridized carbons (Fsp3) is 0.857. The van der Waals surface area contributed by atoms with Gasteiger partial charge in [0.05, 0.1) is 6.29 Å². The minimum atomic E-state index is -3.98. The van der Waals surface area contributed by atoms with Crippen LogP contribution in [0.5, 0.6) is 0 Å². The lowest BCUT2D eigenvalue weighted by Gasteiger charge is -2.07. The molecule has 0 aromatic heterocycles. The normalized spacial score (nSPS) is 13.8. The molecule has 0 bridgehead atoms. The van der Waals surface area contributed by atoms with Gasteiger partial charge in [-0.15, -0.1) is 0 Å². The minimum Gasteiger partial charge on any atom is -0.480 e. The van der Waals surface area contributed by atoms with Crippen molar-refractivity contribution in [3.05, 3.63) is 0 Å². The van der Waals surface area contributed by atoms with Crippen LogP contribution >= 0.6 is 7.60 Å². The fourth-order valence-electron chi connectivity index (χ4n) is 0.962. The van der Waals surface area contributed by atoms with E-state index in [1.54, 1.807) is 0 Å². The summed E-state index contributed by atoms with van der Waals surface area (Å²) in [5, 5.41) is 11.0. The van der Waals surface area contributed by atoms with Crippen molar-refractivity contribution >= 4 is 13.6 Å². The Morgan fingerprint density at radius 3 is 2.47 bits per heavy atom. The van der Waals surface area contributed by atoms with E-state index in [1.165, 1.54) is 0 Å². The van der Waals surface area contributed by atoms with Gasteiger partial charge in [0.1, 0.15) is 6.04 Å². The molecule has 6 N–H and O–H groups in total. The molecule has 1 atom stereocenters. The summed E-state index contributed by atoms with van der Waals surface area (Å²) >= 11 is 0. The van der Waals surface area contributed by atoms with Gasteiger partial charge >= 0.3 is 13.6 Å². The average Bonchev–Trinajstić information content (AvgIpc) is 2.08. The number of rotatable bonds is 8. The zero-order valence-corrected chi connectivity index (χ0v) is 9.19. The second-order valence-corrected chi connectivity index (χ2v) is 4.91. The van der Waals surface area contributed by atoms with E-state index in [4.69, 9.17) is 20.6 Å². The first-order valence-electron chi connectivity index (χ1n) is 4.56. The lowest BCUT2D eigenvalue weighted by molar-refractivity contribution is -0.138. The van der Waals surface area contributed by atoms with Crippen LogP contribution in [-0.2, 0) is 9.36 Å². The van der Waals surface area contributed by atoms with Crippen LogP contribution in [0.25, 0.3) is 0 Å². The Bertz CT molecular complexity index is 242. The predicted molar refractivity (Wildman–Crippen MR) is 54.4 cm³/mol. The zero-order chi connectivity index (χ0) is 11.9. The van der Waals surface area contributed by atoms with E-state index in [9.17, 15) is 9.36 Å². The number of hydrogen-bond donors (Lipinski definition) is 5. The highest BCUT2D eigenvalue weighted by Crippen LogP contribution is 2.31. The maximum absolute atomic E-state index is 10.4. The van der Waals surface area contributed by atoms with Crippen LogP contribution in [0.2, 0.25) is 0 Å². The quantitative estimate of drug-likeness (QED) is 0.279. The Kier molecular flexibility index (Phi) is 6.71. The van der Waals surface area contributed by atoms with Gasteiger partial charge in [-0.2, -0.15) is 0 Å². The zero-order valence-electron chi connectivity index (χ0n) is 8.30. The number of nitrogens with two attached hydrogens (primary N) is 1. The Labute approximate surface area is 87.8 Å². The number of hydrogen-bond acceptors (Lipinski definition) is 4. The summed E-state index contributed by atoms with van der Waals surface area (Å²) in [6.07, 6.45) is 1.27. The summed E-state index contributed by atoms with van der Waals surface area (Å²) in [6.45, 7) is 0.442. The highest BCUT2D eigenvalue weighted by atomic mass is 31.2. The molecule has 0 rings (SSSR count). The molecule has 15 heavy (non-hydrogen) atoms. The van der Waals surface area contributed by atoms with Crippen LogP contribution in [-0.4, -0.2) is 39.7 Å². The highest BCUT2D eigenvalue weighted by Gasteiger charge is 2.12. The number of carboxylic acid groups (broad SMARTS) is 1. The Morgan fingerprint density at radius 1 is 1.40 bits per heavy atom. The van der Waals surface area contributed by atoms with Crippen molar-refractivity contribution in [2.75, 3.05) is 12.8 Å². The molecule has 0 saturated heterocycles. The van der Waals surface area contributed by atoms with E-state index in [2.05, 4.69) is 5.32 Å². The van der Waals surface area contributed by atoms with Crippen molar-refractivity contribution < 1.29 is 24.3 Å². The van der Waals surface area contributed by atoms with Crippen LogP contribution in [0.15, 0.2) is 0 Å². The second kappa shape index (κ2) is 6.92. The molecule has 0 amide bonds. The molecule has 8 heteroatoms. The van der Waals surface area contributed by atoms with Crippen LogP contribution < -0.4 is 11.1 Å². The van der Waals surface area contributed by atoms with E-state index in [1.807, 2.05) is 0 Å². The Balaban J connectivity index is 3.33. The average molecular weight is 240 g/mol. The molecule has 90 valence electrons. The summed E-state index contributed by atoms with van der Waals surface area (Å²) in [4.78, 5) is 27.3.